The Morgan fingerprint density at radius 1 is 0.818 bits per heavy atom. The fourth-order valence-electron chi connectivity index (χ4n) is 0.644. The molecule has 2 nitrogen and oxygen atoms in total. The number of hydrogen-bond donors (Lipinski definition) is 2. The van der Waals surface area contributed by atoms with Crippen molar-refractivity contribution in [3.05, 3.63) is 23.5 Å². The van der Waals surface area contributed by atoms with Crippen molar-refractivity contribution in [3.63, 3.8) is 0 Å². The molecule has 0 bridgehead atoms. The van der Waals surface area contributed by atoms with Crippen LogP contribution in [0, 0.1) is 17.5 Å². The number of rotatable bonds is 0. The van der Waals surface area contributed by atoms with Crippen molar-refractivity contribution in [1.82, 2.24) is 0 Å². The average molecular weight is 162 g/mol. The highest BCUT2D eigenvalue weighted by Gasteiger charge is 2.14. The van der Waals surface area contributed by atoms with Crippen LogP contribution in [0.1, 0.15) is 0 Å². The van der Waals surface area contributed by atoms with E-state index in [9.17, 15) is 13.2 Å². The first kappa shape index (κ1) is 7.71. The van der Waals surface area contributed by atoms with Gasteiger partial charge in [0.05, 0.1) is 11.4 Å². The third-order valence-corrected chi connectivity index (χ3v) is 1.20. The van der Waals surface area contributed by atoms with E-state index in [0.29, 0.717) is 0 Å². The van der Waals surface area contributed by atoms with E-state index in [-0.39, 0.29) is 0 Å². The van der Waals surface area contributed by atoms with Crippen LogP contribution in [0.2, 0.25) is 0 Å². The highest BCUT2D eigenvalue weighted by molar-refractivity contribution is 5.53. The van der Waals surface area contributed by atoms with Crippen molar-refractivity contribution < 1.29 is 13.2 Å². The number of benzene rings is 1. The molecule has 0 fully saturated rings. The van der Waals surface area contributed by atoms with Gasteiger partial charge in [-0.2, -0.15) is 0 Å². The Labute approximate surface area is 60.6 Å². The molecule has 11 heavy (non-hydrogen) atoms. The molecular formula is C6H5F3N2. The van der Waals surface area contributed by atoms with Gasteiger partial charge >= 0.3 is 0 Å². The monoisotopic (exact) mass is 162 g/mol. The highest BCUT2D eigenvalue weighted by Crippen LogP contribution is 2.22. The number of halogens is 3. The predicted octanol–water partition coefficient (Wildman–Crippen LogP) is 1.27. The van der Waals surface area contributed by atoms with Gasteiger partial charge in [0, 0.05) is 0 Å². The van der Waals surface area contributed by atoms with Gasteiger partial charge in [0.1, 0.15) is 0 Å². The lowest BCUT2D eigenvalue weighted by molar-refractivity contribution is 0.452. The number of anilines is 2. The van der Waals surface area contributed by atoms with Gasteiger partial charge in [-0.25, -0.2) is 13.2 Å². The number of hydrogen-bond acceptors (Lipinski definition) is 2. The first-order chi connectivity index (χ1) is 5.04. The van der Waals surface area contributed by atoms with E-state index in [1.807, 2.05) is 0 Å². The molecule has 4 N–H and O–H groups in total. The van der Waals surface area contributed by atoms with Crippen LogP contribution in [0.3, 0.4) is 0 Å². The molecule has 0 spiro atoms. The maximum absolute atomic E-state index is 12.4. The molecule has 60 valence electrons. The summed E-state index contributed by atoms with van der Waals surface area (Å²) in [5.74, 6) is -4.45. The molecule has 0 amide bonds. The lowest BCUT2D eigenvalue weighted by atomic mass is 10.2. The molecule has 0 aliphatic carbocycles. The summed E-state index contributed by atoms with van der Waals surface area (Å²) >= 11 is 0. The SMILES string of the molecule is Nc1cc(N)c(F)c(F)c1F. The molecule has 0 saturated heterocycles. The second-order valence-corrected chi connectivity index (χ2v) is 2.00. The molecule has 0 aliphatic heterocycles. The Hall–Kier alpha value is -1.39. The number of nitrogens with two attached hydrogens (primary N) is 2. The normalized spacial score (nSPS) is 10.1. The van der Waals surface area contributed by atoms with E-state index >= 15 is 0 Å². The van der Waals surface area contributed by atoms with Crippen LogP contribution < -0.4 is 11.5 Å². The predicted molar refractivity (Wildman–Crippen MR) is 35.1 cm³/mol. The zero-order valence-electron chi connectivity index (χ0n) is 5.37. The molecule has 1 rings (SSSR count). The van der Waals surface area contributed by atoms with Gasteiger partial charge in [-0.3, -0.25) is 0 Å². The smallest absolute Gasteiger partial charge is 0.198 e. The van der Waals surface area contributed by atoms with Crippen molar-refractivity contribution >= 4 is 11.4 Å². The molecule has 1 aromatic rings. The van der Waals surface area contributed by atoms with Crippen LogP contribution in [-0.4, -0.2) is 0 Å². The van der Waals surface area contributed by atoms with E-state index in [4.69, 9.17) is 11.5 Å². The summed E-state index contributed by atoms with van der Waals surface area (Å²) in [5, 5.41) is 0. The minimum atomic E-state index is -1.64. The van der Waals surface area contributed by atoms with Gasteiger partial charge in [-0.15, -0.1) is 0 Å². The van der Waals surface area contributed by atoms with E-state index in [1.54, 1.807) is 0 Å². The molecule has 0 aliphatic rings. The van der Waals surface area contributed by atoms with Gasteiger partial charge < -0.3 is 11.5 Å². The Balaban J connectivity index is 3.46. The van der Waals surface area contributed by atoms with Gasteiger partial charge in [-0.1, -0.05) is 0 Å². The van der Waals surface area contributed by atoms with Gasteiger partial charge in [0.15, 0.2) is 17.5 Å². The van der Waals surface area contributed by atoms with E-state index in [0.717, 1.165) is 6.07 Å². The first-order valence-electron chi connectivity index (χ1n) is 2.72. The maximum Gasteiger partial charge on any atom is 0.198 e. The van der Waals surface area contributed by atoms with E-state index in [2.05, 4.69) is 0 Å². The van der Waals surface area contributed by atoms with E-state index in [1.165, 1.54) is 0 Å². The fourth-order valence-corrected chi connectivity index (χ4v) is 0.644. The van der Waals surface area contributed by atoms with Crippen molar-refractivity contribution in [2.45, 2.75) is 0 Å². The number of nitrogen functional groups attached to an aromatic ring is 2. The molecule has 0 saturated carbocycles. The Bertz CT molecular complexity index is 272. The summed E-state index contributed by atoms with van der Waals surface area (Å²) in [6, 6.07) is 0.827. The minimum Gasteiger partial charge on any atom is -0.396 e. The molecule has 0 atom stereocenters. The third-order valence-electron chi connectivity index (χ3n) is 1.20. The van der Waals surface area contributed by atoms with Gasteiger partial charge in [-0.05, 0) is 6.07 Å². The maximum atomic E-state index is 12.4. The Morgan fingerprint density at radius 2 is 1.18 bits per heavy atom. The van der Waals surface area contributed by atoms with Crippen molar-refractivity contribution in [2.75, 3.05) is 11.5 Å². The molecule has 0 aromatic heterocycles. The fraction of sp³-hybridized carbons (Fsp3) is 0. The quantitative estimate of drug-likeness (QED) is 0.445. The van der Waals surface area contributed by atoms with Crippen LogP contribution in [0.5, 0.6) is 0 Å². The molecule has 0 heterocycles. The standard InChI is InChI=1S/C6H5F3N2/c7-4-2(10)1-3(11)5(8)6(4)9/h1H,10-11H2. The van der Waals surface area contributed by atoms with Crippen molar-refractivity contribution in [2.24, 2.45) is 0 Å². The average Bonchev–Trinajstić information content (AvgIpc) is 1.97. The lowest BCUT2D eigenvalue weighted by Gasteiger charge is -2.01. The second kappa shape index (κ2) is 2.34. The lowest BCUT2D eigenvalue weighted by Crippen LogP contribution is -2.02. The molecule has 5 heteroatoms. The summed E-state index contributed by atoms with van der Waals surface area (Å²) in [4.78, 5) is 0. The summed E-state index contributed by atoms with van der Waals surface area (Å²) < 4.78 is 37.1. The second-order valence-electron chi connectivity index (χ2n) is 2.00. The molecule has 0 unspecified atom stereocenters. The highest BCUT2D eigenvalue weighted by atomic mass is 19.2. The summed E-state index contributed by atoms with van der Waals surface area (Å²) in [5.41, 5.74) is 8.86. The molecular weight excluding hydrogens is 157 g/mol. The summed E-state index contributed by atoms with van der Waals surface area (Å²) in [6.45, 7) is 0. The van der Waals surface area contributed by atoms with Crippen LogP contribution in [0.4, 0.5) is 24.5 Å². The zero-order valence-corrected chi connectivity index (χ0v) is 5.37. The zero-order chi connectivity index (χ0) is 8.59. The molecule has 1 aromatic carbocycles. The van der Waals surface area contributed by atoms with Crippen LogP contribution in [0.25, 0.3) is 0 Å². The van der Waals surface area contributed by atoms with Gasteiger partial charge in [0.2, 0.25) is 0 Å². The van der Waals surface area contributed by atoms with Crippen LogP contribution in [0.15, 0.2) is 6.07 Å². The van der Waals surface area contributed by atoms with Crippen molar-refractivity contribution in [1.29, 1.82) is 0 Å². The topological polar surface area (TPSA) is 52.0 Å². The van der Waals surface area contributed by atoms with E-state index < -0.39 is 28.8 Å². The Morgan fingerprint density at radius 3 is 1.55 bits per heavy atom. The van der Waals surface area contributed by atoms with Crippen LogP contribution in [-0.2, 0) is 0 Å². The minimum absolute atomic E-state index is 0.499. The van der Waals surface area contributed by atoms with Crippen molar-refractivity contribution in [3.8, 4) is 0 Å². The van der Waals surface area contributed by atoms with Crippen LogP contribution >= 0.6 is 0 Å². The largest absolute Gasteiger partial charge is 0.396 e. The summed E-state index contributed by atoms with van der Waals surface area (Å²) in [7, 11) is 0. The first-order valence-corrected chi connectivity index (χ1v) is 2.72. The molecule has 0 radical (unpaired) electrons. The van der Waals surface area contributed by atoms with Gasteiger partial charge in [0.25, 0.3) is 0 Å². The third kappa shape index (κ3) is 1.09. The summed E-state index contributed by atoms with van der Waals surface area (Å²) in [6.07, 6.45) is 0. The Kier molecular flexibility index (Phi) is 1.64.